The topological polar surface area (TPSA) is 92.9 Å². The summed E-state index contributed by atoms with van der Waals surface area (Å²) in [5, 5.41) is 8.46. The van der Waals surface area contributed by atoms with Crippen molar-refractivity contribution in [2.45, 2.75) is 6.92 Å². The number of ether oxygens (including phenoxy) is 2. The Hall–Kier alpha value is -4.44. The predicted molar refractivity (Wildman–Crippen MR) is 143 cm³/mol. The first-order valence-electron chi connectivity index (χ1n) is 12.2. The molecule has 1 aliphatic rings. The fraction of sp³-hybridized carbons (Fsp3) is 0.259. The molecule has 188 valence electrons. The molecule has 3 aromatic heterocycles. The smallest absolute Gasteiger partial charge is 0.158 e. The van der Waals surface area contributed by atoms with Crippen molar-refractivity contribution in [2.75, 3.05) is 50.6 Å². The summed E-state index contributed by atoms with van der Waals surface area (Å²) >= 11 is 0. The van der Waals surface area contributed by atoms with Crippen LogP contribution in [-0.4, -0.2) is 69.8 Å². The van der Waals surface area contributed by atoms with Gasteiger partial charge in [0.2, 0.25) is 0 Å². The SMILES string of the molecule is COc1c(N2CCN(C)CC2)ccc2ncnc(Nc3ccc(Oc4ccn5ncnc5c4)c(C)c3)c12. The molecule has 5 aromatic rings. The zero-order chi connectivity index (χ0) is 25.4. The van der Waals surface area contributed by atoms with Crippen LogP contribution in [0.5, 0.6) is 17.2 Å². The number of hydrogen-bond donors (Lipinski definition) is 1. The van der Waals surface area contributed by atoms with E-state index >= 15 is 0 Å². The molecule has 4 heterocycles. The second-order valence-electron chi connectivity index (χ2n) is 9.16. The van der Waals surface area contributed by atoms with Crippen molar-refractivity contribution in [2.24, 2.45) is 0 Å². The number of rotatable bonds is 6. The Morgan fingerprint density at radius 3 is 2.59 bits per heavy atom. The molecule has 0 saturated carbocycles. The molecule has 1 fully saturated rings. The normalized spacial score (nSPS) is 14.3. The third kappa shape index (κ3) is 4.47. The highest BCUT2D eigenvalue weighted by Crippen LogP contribution is 2.40. The van der Waals surface area contributed by atoms with E-state index in [1.165, 1.54) is 6.33 Å². The summed E-state index contributed by atoms with van der Waals surface area (Å²) in [4.78, 5) is 18.0. The lowest BCUT2D eigenvalue weighted by Gasteiger charge is -2.35. The maximum atomic E-state index is 6.13. The van der Waals surface area contributed by atoms with Gasteiger partial charge in [0.15, 0.2) is 11.4 Å². The summed E-state index contributed by atoms with van der Waals surface area (Å²) in [6.45, 7) is 5.93. The standard InChI is InChI=1S/C27H28N8O2/c1-18-14-19(4-7-23(18)37-20-8-9-35-24(15-20)29-17-31-35)32-27-25-21(28-16-30-27)5-6-22(26(25)36-3)34-12-10-33(2)11-13-34/h4-9,14-17H,10-13H2,1-3H3,(H,28,30,32). The molecular formula is C27H28N8O2. The van der Waals surface area contributed by atoms with Crippen LogP contribution >= 0.6 is 0 Å². The minimum Gasteiger partial charge on any atom is -0.494 e. The van der Waals surface area contributed by atoms with Crippen LogP contribution in [0.15, 0.2) is 61.3 Å². The van der Waals surface area contributed by atoms with E-state index in [9.17, 15) is 0 Å². The third-order valence-electron chi connectivity index (χ3n) is 6.70. The number of pyridine rings is 1. The summed E-state index contributed by atoms with van der Waals surface area (Å²) in [6, 6.07) is 13.8. The summed E-state index contributed by atoms with van der Waals surface area (Å²) in [7, 11) is 3.86. The second kappa shape index (κ2) is 9.55. The monoisotopic (exact) mass is 496 g/mol. The predicted octanol–water partition coefficient (Wildman–Crippen LogP) is 4.28. The number of piperazine rings is 1. The average Bonchev–Trinajstić information content (AvgIpc) is 3.38. The van der Waals surface area contributed by atoms with E-state index in [-0.39, 0.29) is 0 Å². The molecule has 0 atom stereocenters. The van der Waals surface area contributed by atoms with E-state index in [1.54, 1.807) is 18.0 Å². The van der Waals surface area contributed by atoms with Gasteiger partial charge < -0.3 is 24.6 Å². The Morgan fingerprint density at radius 2 is 1.78 bits per heavy atom. The number of aromatic nitrogens is 5. The van der Waals surface area contributed by atoms with Crippen molar-refractivity contribution < 1.29 is 9.47 Å². The van der Waals surface area contributed by atoms with Crippen LogP contribution < -0.4 is 19.7 Å². The number of anilines is 3. The van der Waals surface area contributed by atoms with E-state index in [4.69, 9.17) is 9.47 Å². The van der Waals surface area contributed by atoms with Crippen molar-refractivity contribution >= 4 is 33.7 Å². The molecule has 1 saturated heterocycles. The van der Waals surface area contributed by atoms with Gasteiger partial charge in [-0.3, -0.25) is 0 Å². The lowest BCUT2D eigenvalue weighted by atomic mass is 10.1. The van der Waals surface area contributed by atoms with Crippen molar-refractivity contribution in [1.82, 2.24) is 29.5 Å². The Labute approximate surface area is 214 Å². The maximum absolute atomic E-state index is 6.13. The first-order chi connectivity index (χ1) is 18.1. The molecule has 10 nitrogen and oxygen atoms in total. The molecule has 0 radical (unpaired) electrons. The van der Waals surface area contributed by atoms with Gasteiger partial charge in [-0.25, -0.2) is 19.5 Å². The van der Waals surface area contributed by atoms with E-state index in [0.717, 1.165) is 71.2 Å². The lowest BCUT2D eigenvalue weighted by molar-refractivity contribution is 0.311. The largest absolute Gasteiger partial charge is 0.494 e. The molecule has 10 heteroatoms. The van der Waals surface area contributed by atoms with Crippen LogP contribution in [0, 0.1) is 6.92 Å². The van der Waals surface area contributed by atoms with E-state index < -0.39 is 0 Å². The number of nitrogens with zero attached hydrogens (tertiary/aromatic N) is 7. The molecule has 0 amide bonds. The molecule has 37 heavy (non-hydrogen) atoms. The van der Waals surface area contributed by atoms with Crippen molar-refractivity contribution in [3.05, 3.63) is 66.9 Å². The van der Waals surface area contributed by atoms with Gasteiger partial charge in [-0.1, -0.05) is 0 Å². The highest BCUT2D eigenvalue weighted by Gasteiger charge is 2.21. The van der Waals surface area contributed by atoms with Crippen LogP contribution in [0.1, 0.15) is 5.56 Å². The van der Waals surface area contributed by atoms with Crippen LogP contribution in [0.25, 0.3) is 16.6 Å². The first kappa shape index (κ1) is 23.0. The Morgan fingerprint density at radius 1 is 0.919 bits per heavy atom. The minimum atomic E-state index is 0.697. The average molecular weight is 497 g/mol. The Bertz CT molecular complexity index is 1580. The molecule has 2 aromatic carbocycles. The fourth-order valence-electron chi connectivity index (χ4n) is 4.67. The quantitative estimate of drug-likeness (QED) is 0.370. The van der Waals surface area contributed by atoms with E-state index in [1.807, 2.05) is 49.5 Å². The molecule has 0 bridgehead atoms. The highest BCUT2D eigenvalue weighted by molar-refractivity contribution is 6.00. The summed E-state index contributed by atoms with van der Waals surface area (Å²) < 4.78 is 13.8. The molecule has 1 aliphatic heterocycles. The van der Waals surface area contributed by atoms with Crippen molar-refractivity contribution in [1.29, 1.82) is 0 Å². The molecular weight excluding hydrogens is 468 g/mol. The van der Waals surface area contributed by atoms with Crippen LogP contribution in [0.4, 0.5) is 17.2 Å². The van der Waals surface area contributed by atoms with Crippen LogP contribution in [0.3, 0.4) is 0 Å². The molecule has 0 spiro atoms. The number of nitrogens with one attached hydrogen (secondary N) is 1. The van der Waals surface area contributed by atoms with Gasteiger partial charge in [-0.2, -0.15) is 5.10 Å². The van der Waals surface area contributed by atoms with Crippen molar-refractivity contribution in [3.63, 3.8) is 0 Å². The third-order valence-corrected chi connectivity index (χ3v) is 6.70. The number of hydrogen-bond acceptors (Lipinski definition) is 9. The molecule has 1 N–H and O–H groups in total. The van der Waals surface area contributed by atoms with Gasteiger partial charge in [-0.15, -0.1) is 0 Å². The molecule has 0 unspecified atom stereocenters. The lowest BCUT2D eigenvalue weighted by Crippen LogP contribution is -2.44. The van der Waals surface area contributed by atoms with Crippen LogP contribution in [-0.2, 0) is 0 Å². The van der Waals surface area contributed by atoms with E-state index in [0.29, 0.717) is 11.6 Å². The molecule has 6 rings (SSSR count). The van der Waals surface area contributed by atoms with Crippen molar-refractivity contribution in [3.8, 4) is 17.2 Å². The Balaban J connectivity index is 1.29. The zero-order valence-electron chi connectivity index (χ0n) is 21.0. The summed E-state index contributed by atoms with van der Waals surface area (Å²) in [6.07, 6.45) is 4.92. The number of methoxy groups -OCH3 is 1. The van der Waals surface area contributed by atoms with Gasteiger partial charge in [-0.05, 0) is 55.9 Å². The Kier molecular flexibility index (Phi) is 5.93. The fourth-order valence-corrected chi connectivity index (χ4v) is 4.67. The number of aryl methyl sites for hydroxylation is 1. The van der Waals surface area contributed by atoms with Gasteiger partial charge in [0, 0.05) is 44.1 Å². The maximum Gasteiger partial charge on any atom is 0.158 e. The first-order valence-corrected chi connectivity index (χ1v) is 12.2. The number of likely N-dealkylation sites (N-methyl/N-ethyl adjacent to an activating group) is 1. The summed E-state index contributed by atoms with van der Waals surface area (Å²) in [5.41, 5.74) is 4.49. The second-order valence-corrected chi connectivity index (χ2v) is 9.16. The van der Waals surface area contributed by atoms with Gasteiger partial charge >= 0.3 is 0 Å². The van der Waals surface area contributed by atoms with Gasteiger partial charge in [0.05, 0.1) is 23.7 Å². The molecule has 0 aliphatic carbocycles. The highest BCUT2D eigenvalue weighted by atomic mass is 16.5. The summed E-state index contributed by atoms with van der Waals surface area (Å²) in [5.74, 6) is 2.94. The van der Waals surface area contributed by atoms with Crippen LogP contribution in [0.2, 0.25) is 0 Å². The van der Waals surface area contributed by atoms with Gasteiger partial charge in [0.25, 0.3) is 0 Å². The zero-order valence-corrected chi connectivity index (χ0v) is 21.0. The van der Waals surface area contributed by atoms with E-state index in [2.05, 4.69) is 48.3 Å². The number of fused-ring (bicyclic) bond motifs is 2. The number of benzene rings is 2. The van der Waals surface area contributed by atoms with Gasteiger partial charge in [0.1, 0.15) is 30.0 Å². The minimum absolute atomic E-state index is 0.697.